The third kappa shape index (κ3) is 3.46. The van der Waals surface area contributed by atoms with Gasteiger partial charge in [-0.15, -0.1) is 0 Å². The van der Waals surface area contributed by atoms with E-state index in [2.05, 4.69) is 0 Å². The van der Waals surface area contributed by atoms with Crippen molar-refractivity contribution in [3.63, 3.8) is 0 Å². The standard InChI is InChI=1S/C21H18O12/c22-8-3-1-7(2-4-8)12-6-10(24)13-9(23)5-11(25)14(17(13)32-12)21(31)19(28)16(27)15(26)18(33-21)20(29)30/h1-6,15-16,18-19,22-23,25-28,31H,(H,29,30)/t15-,16-,18-,19+,21?/m0/s1. The zero-order chi connectivity index (χ0) is 24.2. The number of hydrogen-bond acceptors (Lipinski definition) is 11. The van der Waals surface area contributed by atoms with Crippen LogP contribution in [0.25, 0.3) is 22.3 Å². The highest BCUT2D eigenvalue weighted by molar-refractivity contribution is 5.90. The molecule has 174 valence electrons. The molecular weight excluding hydrogens is 444 g/mol. The first-order valence-electron chi connectivity index (χ1n) is 9.45. The molecule has 3 aromatic rings. The Balaban J connectivity index is 2.03. The van der Waals surface area contributed by atoms with E-state index in [0.717, 1.165) is 6.07 Å². The molecule has 1 unspecified atom stereocenters. The van der Waals surface area contributed by atoms with Gasteiger partial charge in [0.25, 0.3) is 0 Å². The van der Waals surface area contributed by atoms with Crippen molar-refractivity contribution in [2.24, 2.45) is 0 Å². The topological polar surface area (TPSA) is 218 Å². The maximum absolute atomic E-state index is 12.8. The van der Waals surface area contributed by atoms with Gasteiger partial charge >= 0.3 is 5.97 Å². The SMILES string of the molecule is O=C(O)[C@H]1OC(O)(c2c(O)cc(O)c3c(=O)cc(-c4ccc(O)cc4)oc23)[C@H](O)[C@@H](O)[C@@H]1O. The minimum absolute atomic E-state index is 0.0850. The highest BCUT2D eigenvalue weighted by Crippen LogP contribution is 2.46. The van der Waals surface area contributed by atoms with Gasteiger partial charge in [0, 0.05) is 17.7 Å². The number of carboxylic acids is 1. The number of phenolic OH excluding ortho intramolecular Hbond substituents is 3. The molecule has 2 heterocycles. The number of aromatic hydroxyl groups is 3. The lowest BCUT2D eigenvalue weighted by atomic mass is 9.86. The molecule has 0 saturated carbocycles. The summed E-state index contributed by atoms with van der Waals surface area (Å²) in [5.41, 5.74) is -2.13. The van der Waals surface area contributed by atoms with Crippen LogP contribution >= 0.6 is 0 Å². The van der Waals surface area contributed by atoms with Crippen LogP contribution in [0.15, 0.2) is 45.6 Å². The molecular formula is C21H18O12. The fraction of sp³-hybridized carbons (Fsp3) is 0.238. The molecule has 12 nitrogen and oxygen atoms in total. The first kappa shape index (κ1) is 22.5. The number of aliphatic hydroxyl groups is 4. The van der Waals surface area contributed by atoms with Crippen molar-refractivity contribution < 1.29 is 54.8 Å². The summed E-state index contributed by atoms with van der Waals surface area (Å²) < 4.78 is 10.6. The number of carbonyl (C=O) groups is 1. The maximum atomic E-state index is 12.8. The zero-order valence-electron chi connectivity index (χ0n) is 16.5. The van der Waals surface area contributed by atoms with Crippen LogP contribution in [0.2, 0.25) is 0 Å². The smallest absolute Gasteiger partial charge is 0.335 e. The summed E-state index contributed by atoms with van der Waals surface area (Å²) in [5, 5.41) is 80.6. The second-order valence-corrected chi connectivity index (χ2v) is 7.51. The van der Waals surface area contributed by atoms with Crippen molar-refractivity contribution in [3.8, 4) is 28.6 Å². The summed E-state index contributed by atoms with van der Waals surface area (Å²) in [7, 11) is 0. The Morgan fingerprint density at radius 3 is 2.18 bits per heavy atom. The summed E-state index contributed by atoms with van der Waals surface area (Å²) in [4.78, 5) is 24.2. The van der Waals surface area contributed by atoms with E-state index in [1.807, 2.05) is 0 Å². The summed E-state index contributed by atoms with van der Waals surface area (Å²) in [6.45, 7) is 0. The third-order valence-corrected chi connectivity index (χ3v) is 5.40. The molecule has 0 spiro atoms. The van der Waals surface area contributed by atoms with Crippen molar-refractivity contribution >= 4 is 16.9 Å². The number of rotatable bonds is 3. The minimum atomic E-state index is -3.19. The number of ether oxygens (including phenoxy) is 1. The van der Waals surface area contributed by atoms with Gasteiger partial charge in [0.1, 0.15) is 46.7 Å². The quantitative estimate of drug-likeness (QED) is 0.242. The molecule has 8 N–H and O–H groups in total. The van der Waals surface area contributed by atoms with Gasteiger partial charge in [-0.25, -0.2) is 4.79 Å². The normalized spacial score (nSPS) is 27.5. The number of carboxylic acid groups (broad SMARTS) is 1. The Hall–Kier alpha value is -3.68. The molecule has 0 radical (unpaired) electrons. The van der Waals surface area contributed by atoms with E-state index in [1.54, 1.807) is 0 Å². The van der Waals surface area contributed by atoms with E-state index in [4.69, 9.17) is 9.15 Å². The van der Waals surface area contributed by atoms with Crippen molar-refractivity contribution in [1.82, 2.24) is 0 Å². The summed E-state index contributed by atoms with van der Waals surface area (Å²) >= 11 is 0. The van der Waals surface area contributed by atoms with Gasteiger partial charge in [0.15, 0.2) is 17.1 Å². The average Bonchev–Trinajstić information content (AvgIpc) is 2.74. The lowest BCUT2D eigenvalue weighted by molar-refractivity contribution is -0.349. The van der Waals surface area contributed by atoms with Crippen LogP contribution in [0.1, 0.15) is 5.56 Å². The Morgan fingerprint density at radius 2 is 1.58 bits per heavy atom. The summed E-state index contributed by atoms with van der Waals surface area (Å²) in [6.07, 6.45) is -9.06. The van der Waals surface area contributed by atoms with Gasteiger partial charge < -0.3 is 50.0 Å². The van der Waals surface area contributed by atoms with Gasteiger partial charge in [0.05, 0.1) is 5.56 Å². The first-order chi connectivity index (χ1) is 15.5. The third-order valence-electron chi connectivity index (χ3n) is 5.40. The highest BCUT2D eigenvalue weighted by Gasteiger charge is 2.58. The predicted molar refractivity (Wildman–Crippen MR) is 107 cm³/mol. The largest absolute Gasteiger partial charge is 0.508 e. The van der Waals surface area contributed by atoms with Crippen molar-refractivity contribution in [2.75, 3.05) is 0 Å². The molecule has 5 atom stereocenters. The van der Waals surface area contributed by atoms with Crippen LogP contribution in [0, 0.1) is 0 Å². The van der Waals surface area contributed by atoms with Crippen molar-refractivity contribution in [2.45, 2.75) is 30.2 Å². The van der Waals surface area contributed by atoms with Gasteiger partial charge in [-0.05, 0) is 24.3 Å². The lowest BCUT2D eigenvalue weighted by Crippen LogP contribution is -2.64. The predicted octanol–water partition coefficient (Wildman–Crippen LogP) is -0.712. The average molecular weight is 462 g/mol. The Kier molecular flexibility index (Phi) is 5.27. The molecule has 1 aromatic heterocycles. The van der Waals surface area contributed by atoms with Gasteiger partial charge in [0.2, 0.25) is 5.79 Å². The lowest BCUT2D eigenvalue weighted by Gasteiger charge is -2.44. The summed E-state index contributed by atoms with van der Waals surface area (Å²) in [5.74, 6) is -6.97. The van der Waals surface area contributed by atoms with Crippen LogP contribution in [0.5, 0.6) is 17.2 Å². The second-order valence-electron chi connectivity index (χ2n) is 7.51. The van der Waals surface area contributed by atoms with Crippen LogP contribution in [0.3, 0.4) is 0 Å². The molecule has 1 fully saturated rings. The Labute approximate surface area is 183 Å². The number of hydrogen-bond donors (Lipinski definition) is 8. The first-order valence-corrected chi connectivity index (χ1v) is 9.45. The van der Waals surface area contributed by atoms with E-state index in [-0.39, 0.29) is 17.1 Å². The number of benzene rings is 2. The molecule has 2 aromatic carbocycles. The second kappa shape index (κ2) is 7.72. The molecule has 12 heteroatoms. The molecule has 0 bridgehead atoms. The molecule has 1 aliphatic heterocycles. The highest BCUT2D eigenvalue weighted by atomic mass is 16.7. The Morgan fingerprint density at radius 1 is 0.939 bits per heavy atom. The molecule has 33 heavy (non-hydrogen) atoms. The monoisotopic (exact) mass is 462 g/mol. The van der Waals surface area contributed by atoms with E-state index >= 15 is 0 Å². The van der Waals surface area contributed by atoms with E-state index < -0.39 is 69.6 Å². The van der Waals surface area contributed by atoms with E-state index in [0.29, 0.717) is 6.07 Å². The Bertz CT molecular complexity index is 1300. The number of aliphatic carboxylic acids is 1. The minimum Gasteiger partial charge on any atom is -0.508 e. The van der Waals surface area contributed by atoms with Crippen molar-refractivity contribution in [3.05, 3.63) is 52.2 Å². The van der Waals surface area contributed by atoms with Gasteiger partial charge in [-0.3, -0.25) is 4.79 Å². The number of aliphatic hydroxyl groups excluding tert-OH is 3. The van der Waals surface area contributed by atoms with Gasteiger partial charge in [-0.2, -0.15) is 0 Å². The number of fused-ring (bicyclic) bond motifs is 1. The van der Waals surface area contributed by atoms with Gasteiger partial charge in [-0.1, -0.05) is 0 Å². The number of phenols is 3. The van der Waals surface area contributed by atoms with E-state index in [9.17, 15) is 50.4 Å². The van der Waals surface area contributed by atoms with E-state index in [1.165, 1.54) is 24.3 Å². The molecule has 1 aliphatic rings. The molecule has 4 rings (SSSR count). The zero-order valence-corrected chi connectivity index (χ0v) is 16.5. The fourth-order valence-corrected chi connectivity index (χ4v) is 3.75. The van der Waals surface area contributed by atoms with Crippen LogP contribution in [0.4, 0.5) is 0 Å². The summed E-state index contributed by atoms with van der Waals surface area (Å²) in [6, 6.07) is 6.95. The van der Waals surface area contributed by atoms with Crippen LogP contribution < -0.4 is 5.43 Å². The molecule has 1 saturated heterocycles. The molecule has 0 aliphatic carbocycles. The maximum Gasteiger partial charge on any atom is 0.335 e. The van der Waals surface area contributed by atoms with Crippen LogP contribution in [-0.2, 0) is 15.3 Å². The van der Waals surface area contributed by atoms with Crippen molar-refractivity contribution in [1.29, 1.82) is 0 Å². The fourth-order valence-electron chi connectivity index (χ4n) is 3.75. The molecule has 0 amide bonds. The van der Waals surface area contributed by atoms with Crippen LogP contribution in [-0.4, -0.2) is 71.2 Å².